The van der Waals surface area contributed by atoms with Gasteiger partial charge < -0.3 is 14.7 Å². The first-order valence-electron chi connectivity index (χ1n) is 12.0. The summed E-state index contributed by atoms with van der Waals surface area (Å²) in [7, 11) is 0. The Morgan fingerprint density at radius 1 is 0.882 bits per heavy atom. The van der Waals surface area contributed by atoms with Crippen LogP contribution in [0.15, 0.2) is 24.5 Å². The van der Waals surface area contributed by atoms with E-state index in [1.165, 1.54) is 12.0 Å². The Morgan fingerprint density at radius 2 is 1.68 bits per heavy atom. The zero-order valence-electron chi connectivity index (χ0n) is 19.7. The Hall–Kier alpha value is -3.56. The van der Waals surface area contributed by atoms with Crippen LogP contribution in [0.4, 0.5) is 11.6 Å². The summed E-state index contributed by atoms with van der Waals surface area (Å²) in [6.45, 7) is 8.40. The van der Waals surface area contributed by atoms with Crippen LogP contribution >= 0.6 is 0 Å². The van der Waals surface area contributed by atoms with Gasteiger partial charge in [0, 0.05) is 51.0 Å². The first-order chi connectivity index (χ1) is 16.5. The molecule has 0 bridgehead atoms. The number of carbonyl (C=O) groups excluding carboxylic acids is 1. The number of nitrogens with zero attached hydrogens (tertiary/aromatic N) is 9. The van der Waals surface area contributed by atoms with Gasteiger partial charge in [0.05, 0.1) is 17.3 Å². The van der Waals surface area contributed by atoms with Gasteiger partial charge in [0.25, 0.3) is 0 Å². The second-order valence-corrected chi connectivity index (χ2v) is 9.52. The standard InChI is InChI=1S/C24H29N9O/c1-16-10-17(2)33(29-16)22-12-21(25-15-26-22)32-13-19(14-32)24(34)31-8-6-30(7-9-31)23-11-18-4-3-5-20(18)27-28-23/h10-12,15,19H,3-9,13-14H2,1-2H3. The molecule has 2 fully saturated rings. The summed E-state index contributed by atoms with van der Waals surface area (Å²) >= 11 is 0. The molecule has 34 heavy (non-hydrogen) atoms. The second kappa shape index (κ2) is 8.34. The van der Waals surface area contributed by atoms with Crippen molar-refractivity contribution in [1.82, 2.24) is 34.8 Å². The van der Waals surface area contributed by atoms with E-state index in [2.05, 4.69) is 41.1 Å². The van der Waals surface area contributed by atoms with E-state index in [1.807, 2.05) is 35.6 Å². The molecule has 0 spiro atoms. The van der Waals surface area contributed by atoms with Crippen LogP contribution < -0.4 is 9.80 Å². The van der Waals surface area contributed by atoms with Gasteiger partial charge in [0.15, 0.2) is 11.6 Å². The molecule has 0 atom stereocenters. The fourth-order valence-electron chi connectivity index (χ4n) is 5.19. The van der Waals surface area contributed by atoms with Crippen molar-refractivity contribution >= 4 is 17.5 Å². The van der Waals surface area contributed by atoms with E-state index in [1.54, 1.807) is 6.33 Å². The van der Waals surface area contributed by atoms with Crippen molar-refractivity contribution in [2.75, 3.05) is 49.1 Å². The molecule has 6 rings (SSSR count). The third-order valence-electron chi connectivity index (χ3n) is 7.14. The van der Waals surface area contributed by atoms with Crippen LogP contribution in [0, 0.1) is 19.8 Å². The maximum Gasteiger partial charge on any atom is 0.229 e. The fraction of sp³-hybridized carbons (Fsp3) is 0.500. The zero-order valence-corrected chi connectivity index (χ0v) is 19.7. The number of aromatic nitrogens is 6. The van der Waals surface area contributed by atoms with Crippen molar-refractivity contribution in [2.24, 2.45) is 5.92 Å². The zero-order chi connectivity index (χ0) is 23.2. The molecule has 0 N–H and O–H groups in total. The van der Waals surface area contributed by atoms with Gasteiger partial charge in [-0.05, 0) is 50.8 Å². The van der Waals surface area contributed by atoms with Crippen LogP contribution in [0.2, 0.25) is 0 Å². The van der Waals surface area contributed by atoms with Gasteiger partial charge in [0.1, 0.15) is 12.1 Å². The smallest absolute Gasteiger partial charge is 0.229 e. The van der Waals surface area contributed by atoms with Crippen LogP contribution in [0.1, 0.15) is 29.1 Å². The molecule has 0 unspecified atom stereocenters. The van der Waals surface area contributed by atoms with Crippen LogP contribution in [0.25, 0.3) is 5.82 Å². The summed E-state index contributed by atoms with van der Waals surface area (Å²) in [6, 6.07) is 6.16. The van der Waals surface area contributed by atoms with E-state index in [4.69, 9.17) is 0 Å². The highest BCUT2D eigenvalue weighted by Crippen LogP contribution is 2.27. The van der Waals surface area contributed by atoms with Crippen molar-refractivity contribution in [3.05, 3.63) is 47.2 Å². The molecule has 10 heteroatoms. The summed E-state index contributed by atoms with van der Waals surface area (Å²) in [5.74, 6) is 2.78. The maximum atomic E-state index is 13.1. The van der Waals surface area contributed by atoms with Gasteiger partial charge in [-0.25, -0.2) is 14.6 Å². The van der Waals surface area contributed by atoms with Crippen molar-refractivity contribution in [3.63, 3.8) is 0 Å². The van der Waals surface area contributed by atoms with Gasteiger partial charge >= 0.3 is 0 Å². The predicted molar refractivity (Wildman–Crippen MR) is 127 cm³/mol. The Morgan fingerprint density at radius 3 is 2.44 bits per heavy atom. The van der Waals surface area contributed by atoms with Crippen LogP contribution in [-0.2, 0) is 17.6 Å². The maximum absolute atomic E-state index is 13.1. The molecule has 3 aliphatic rings. The molecule has 1 aliphatic carbocycles. The highest BCUT2D eigenvalue weighted by atomic mass is 16.2. The van der Waals surface area contributed by atoms with Gasteiger partial charge in [-0.1, -0.05) is 0 Å². The van der Waals surface area contributed by atoms with E-state index in [0.29, 0.717) is 13.1 Å². The molecule has 10 nitrogen and oxygen atoms in total. The van der Waals surface area contributed by atoms with Gasteiger partial charge in [-0.2, -0.15) is 10.2 Å². The molecule has 5 heterocycles. The lowest BCUT2D eigenvalue weighted by Crippen LogP contribution is -2.58. The lowest BCUT2D eigenvalue weighted by Gasteiger charge is -2.43. The quantitative estimate of drug-likeness (QED) is 0.577. The largest absolute Gasteiger partial charge is 0.355 e. The van der Waals surface area contributed by atoms with Crippen molar-refractivity contribution < 1.29 is 4.79 Å². The number of fused-ring (bicyclic) bond motifs is 1. The number of hydrogen-bond donors (Lipinski definition) is 0. The molecule has 3 aromatic heterocycles. The lowest BCUT2D eigenvalue weighted by atomic mass is 9.98. The van der Waals surface area contributed by atoms with E-state index < -0.39 is 0 Å². The highest BCUT2D eigenvalue weighted by Gasteiger charge is 2.37. The minimum Gasteiger partial charge on any atom is -0.355 e. The summed E-state index contributed by atoms with van der Waals surface area (Å²) in [6.07, 6.45) is 4.88. The number of amides is 1. The summed E-state index contributed by atoms with van der Waals surface area (Å²) in [5, 5.41) is 13.4. The van der Waals surface area contributed by atoms with Gasteiger partial charge in [-0.3, -0.25) is 4.79 Å². The minimum absolute atomic E-state index is 0.0124. The molecule has 176 valence electrons. The monoisotopic (exact) mass is 459 g/mol. The predicted octanol–water partition coefficient (Wildman–Crippen LogP) is 1.34. The number of aryl methyl sites for hydroxylation is 4. The van der Waals surface area contributed by atoms with Crippen LogP contribution in [-0.4, -0.2) is 80.0 Å². The topological polar surface area (TPSA) is 96.2 Å². The number of rotatable bonds is 4. The van der Waals surface area contributed by atoms with Gasteiger partial charge in [-0.15, -0.1) is 5.10 Å². The molecule has 0 aromatic carbocycles. The minimum atomic E-state index is 0.0124. The molecule has 0 saturated carbocycles. The Kier molecular flexibility index (Phi) is 5.15. The Bertz CT molecular complexity index is 1220. The average molecular weight is 460 g/mol. The summed E-state index contributed by atoms with van der Waals surface area (Å²) in [4.78, 5) is 28.3. The number of hydrogen-bond acceptors (Lipinski definition) is 8. The molecule has 3 aromatic rings. The molecular weight excluding hydrogens is 430 g/mol. The highest BCUT2D eigenvalue weighted by molar-refractivity contribution is 5.82. The Labute approximate surface area is 198 Å². The SMILES string of the molecule is Cc1cc(C)n(-c2cc(N3CC(C(=O)N4CCN(c5cc6c(nn5)CCC6)CC4)C3)ncn2)n1. The second-order valence-electron chi connectivity index (χ2n) is 9.52. The molecule has 2 aliphatic heterocycles. The number of carbonyl (C=O) groups is 1. The first-order valence-corrected chi connectivity index (χ1v) is 12.0. The molecule has 0 radical (unpaired) electrons. The number of anilines is 2. The summed E-state index contributed by atoms with van der Waals surface area (Å²) in [5.41, 5.74) is 4.47. The van der Waals surface area contributed by atoms with E-state index >= 15 is 0 Å². The number of piperazine rings is 1. The van der Waals surface area contributed by atoms with Crippen LogP contribution in [0.5, 0.6) is 0 Å². The Balaban J connectivity index is 1.04. The summed E-state index contributed by atoms with van der Waals surface area (Å²) < 4.78 is 1.83. The van der Waals surface area contributed by atoms with E-state index in [0.717, 1.165) is 73.6 Å². The normalized spacial score (nSPS) is 18.2. The first kappa shape index (κ1) is 21.0. The van der Waals surface area contributed by atoms with Gasteiger partial charge in [0.2, 0.25) is 5.91 Å². The lowest BCUT2D eigenvalue weighted by molar-refractivity contribution is -0.136. The third-order valence-corrected chi connectivity index (χ3v) is 7.14. The fourth-order valence-corrected chi connectivity index (χ4v) is 5.19. The third kappa shape index (κ3) is 3.76. The van der Waals surface area contributed by atoms with Crippen molar-refractivity contribution in [2.45, 2.75) is 33.1 Å². The van der Waals surface area contributed by atoms with Crippen molar-refractivity contribution in [3.8, 4) is 5.82 Å². The molecule has 2 saturated heterocycles. The van der Waals surface area contributed by atoms with E-state index in [-0.39, 0.29) is 11.8 Å². The van der Waals surface area contributed by atoms with Crippen LogP contribution in [0.3, 0.4) is 0 Å². The van der Waals surface area contributed by atoms with E-state index in [9.17, 15) is 4.79 Å². The molecular formula is C24H29N9O. The van der Waals surface area contributed by atoms with Crippen molar-refractivity contribution in [1.29, 1.82) is 0 Å². The molecule has 1 amide bonds. The average Bonchev–Trinajstić information content (AvgIpc) is 3.43.